The molecule has 6 nitrogen and oxygen atoms in total. The number of carbonyl (C=O) groups is 1. The van der Waals surface area contributed by atoms with E-state index >= 15 is 0 Å². The van der Waals surface area contributed by atoms with E-state index in [0.29, 0.717) is 5.56 Å². The largest absolute Gasteiger partial charge is 0.355 e. The van der Waals surface area contributed by atoms with Gasteiger partial charge >= 0.3 is 0 Å². The highest BCUT2D eigenvalue weighted by Gasteiger charge is 2.27. The molecule has 1 aromatic heterocycles. The first-order chi connectivity index (χ1) is 12.0. The molecule has 0 aliphatic carbocycles. The van der Waals surface area contributed by atoms with Crippen LogP contribution in [0, 0.1) is 13.8 Å². The van der Waals surface area contributed by atoms with Gasteiger partial charge in [-0.25, -0.2) is 9.97 Å². The van der Waals surface area contributed by atoms with E-state index in [4.69, 9.17) is 0 Å². The summed E-state index contributed by atoms with van der Waals surface area (Å²) in [5.41, 5.74) is 3.80. The Labute approximate surface area is 148 Å². The van der Waals surface area contributed by atoms with Gasteiger partial charge in [0.2, 0.25) is 5.95 Å². The van der Waals surface area contributed by atoms with Crippen LogP contribution in [0.3, 0.4) is 0 Å². The number of hydrogen-bond acceptors (Lipinski definition) is 5. The summed E-state index contributed by atoms with van der Waals surface area (Å²) in [7, 11) is 3.78. The Hall–Kier alpha value is -2.47. The number of nitrogens with one attached hydrogen (secondary N) is 1. The van der Waals surface area contributed by atoms with Gasteiger partial charge in [-0.1, -0.05) is 12.1 Å². The summed E-state index contributed by atoms with van der Waals surface area (Å²) >= 11 is 0. The Balaban J connectivity index is 1.87. The second kappa shape index (κ2) is 7.19. The van der Waals surface area contributed by atoms with Crippen molar-refractivity contribution in [3.8, 4) is 0 Å². The maximum atomic E-state index is 11.9. The number of anilines is 1. The van der Waals surface area contributed by atoms with Crippen LogP contribution >= 0.6 is 0 Å². The second-order valence-corrected chi connectivity index (χ2v) is 6.60. The lowest BCUT2D eigenvalue weighted by Crippen LogP contribution is -2.47. The van der Waals surface area contributed by atoms with E-state index in [2.05, 4.69) is 38.2 Å². The van der Waals surface area contributed by atoms with Crippen molar-refractivity contribution >= 4 is 11.9 Å². The smallest absolute Gasteiger partial charge is 0.251 e. The minimum Gasteiger partial charge on any atom is -0.355 e. The molecule has 0 bridgehead atoms. The summed E-state index contributed by atoms with van der Waals surface area (Å²) in [6.07, 6.45) is 0. The van der Waals surface area contributed by atoms with Crippen molar-refractivity contribution in [2.45, 2.75) is 19.9 Å². The van der Waals surface area contributed by atoms with Gasteiger partial charge in [-0.3, -0.25) is 9.69 Å². The highest BCUT2D eigenvalue weighted by Crippen LogP contribution is 2.26. The fraction of sp³-hybridized carbons (Fsp3) is 0.421. The highest BCUT2D eigenvalue weighted by atomic mass is 16.1. The lowest BCUT2D eigenvalue weighted by Gasteiger charge is -2.40. The molecule has 1 fully saturated rings. The van der Waals surface area contributed by atoms with Crippen molar-refractivity contribution in [3.05, 3.63) is 52.8 Å². The van der Waals surface area contributed by atoms with Gasteiger partial charge in [-0.05, 0) is 44.7 Å². The Kier molecular flexibility index (Phi) is 4.99. The van der Waals surface area contributed by atoms with Crippen LogP contribution in [0.25, 0.3) is 0 Å². The molecule has 2 aromatic rings. The van der Waals surface area contributed by atoms with Crippen molar-refractivity contribution in [1.29, 1.82) is 0 Å². The lowest BCUT2D eigenvalue weighted by molar-refractivity contribution is 0.0962. The summed E-state index contributed by atoms with van der Waals surface area (Å²) in [6, 6.07) is 10.0. The van der Waals surface area contributed by atoms with E-state index in [-0.39, 0.29) is 11.9 Å². The Bertz CT molecular complexity index is 756. The SMILES string of the molecule is CNC(=O)c1cccc([C@@H]2CN(c3nc(C)cc(C)n3)CCN2C)c1. The van der Waals surface area contributed by atoms with Gasteiger partial charge in [0.1, 0.15) is 0 Å². The number of aromatic nitrogens is 2. The zero-order valence-electron chi connectivity index (χ0n) is 15.3. The molecule has 1 N–H and O–H groups in total. The fourth-order valence-corrected chi connectivity index (χ4v) is 3.30. The molecule has 1 aliphatic heterocycles. The molecule has 1 amide bonds. The normalized spacial score (nSPS) is 18.2. The van der Waals surface area contributed by atoms with E-state index in [1.54, 1.807) is 7.05 Å². The molecule has 1 aromatic carbocycles. The molecule has 6 heteroatoms. The van der Waals surface area contributed by atoms with Crippen LogP contribution < -0.4 is 10.2 Å². The number of piperazine rings is 1. The Morgan fingerprint density at radius 3 is 2.56 bits per heavy atom. The number of rotatable bonds is 3. The number of aryl methyl sites for hydroxylation is 2. The third-order valence-corrected chi connectivity index (χ3v) is 4.66. The number of amides is 1. The summed E-state index contributed by atoms with van der Waals surface area (Å²) in [5.74, 6) is 0.730. The maximum absolute atomic E-state index is 11.9. The van der Waals surface area contributed by atoms with Gasteiger partial charge in [-0.2, -0.15) is 0 Å². The number of benzene rings is 1. The molecule has 132 valence electrons. The quantitative estimate of drug-likeness (QED) is 0.926. The van der Waals surface area contributed by atoms with Crippen molar-refractivity contribution in [2.75, 3.05) is 38.6 Å². The average Bonchev–Trinajstić information content (AvgIpc) is 2.60. The molecular formula is C19H25N5O. The minimum absolute atomic E-state index is 0.0604. The first-order valence-corrected chi connectivity index (χ1v) is 8.57. The zero-order valence-corrected chi connectivity index (χ0v) is 15.3. The molecule has 1 aliphatic rings. The van der Waals surface area contributed by atoms with Crippen LogP contribution in [0.4, 0.5) is 5.95 Å². The number of nitrogens with zero attached hydrogens (tertiary/aromatic N) is 4. The molecular weight excluding hydrogens is 314 g/mol. The van der Waals surface area contributed by atoms with Crippen molar-refractivity contribution in [1.82, 2.24) is 20.2 Å². The molecule has 0 spiro atoms. The molecule has 2 heterocycles. The molecule has 1 saturated heterocycles. The van der Waals surface area contributed by atoms with E-state index in [1.165, 1.54) is 0 Å². The van der Waals surface area contributed by atoms with Crippen LogP contribution in [-0.2, 0) is 0 Å². The summed E-state index contributed by atoms with van der Waals surface area (Å²) in [4.78, 5) is 25.7. The summed E-state index contributed by atoms with van der Waals surface area (Å²) in [6.45, 7) is 6.62. The topological polar surface area (TPSA) is 61.4 Å². The van der Waals surface area contributed by atoms with Gasteiger partial charge < -0.3 is 10.2 Å². The third-order valence-electron chi connectivity index (χ3n) is 4.66. The van der Waals surface area contributed by atoms with Gasteiger partial charge in [-0.15, -0.1) is 0 Å². The Morgan fingerprint density at radius 2 is 1.88 bits per heavy atom. The van der Waals surface area contributed by atoms with Crippen LogP contribution in [0.1, 0.15) is 33.4 Å². The molecule has 0 radical (unpaired) electrons. The monoisotopic (exact) mass is 339 g/mol. The third kappa shape index (κ3) is 3.79. The van der Waals surface area contributed by atoms with E-state index in [1.807, 2.05) is 38.1 Å². The number of likely N-dealkylation sites (N-methyl/N-ethyl adjacent to an activating group) is 1. The van der Waals surface area contributed by atoms with Gasteiger partial charge in [0, 0.05) is 43.6 Å². The van der Waals surface area contributed by atoms with Crippen molar-refractivity contribution < 1.29 is 4.79 Å². The molecule has 1 atom stereocenters. The molecule has 0 unspecified atom stereocenters. The van der Waals surface area contributed by atoms with Gasteiger partial charge in [0.15, 0.2) is 0 Å². The van der Waals surface area contributed by atoms with Gasteiger partial charge in [0.05, 0.1) is 6.04 Å². The van der Waals surface area contributed by atoms with Crippen LogP contribution in [-0.4, -0.2) is 54.5 Å². The first-order valence-electron chi connectivity index (χ1n) is 8.57. The maximum Gasteiger partial charge on any atom is 0.251 e. The van der Waals surface area contributed by atoms with E-state index in [0.717, 1.165) is 42.5 Å². The standard InChI is InChI=1S/C19H25N5O/c1-13-10-14(2)22-19(21-13)24-9-8-23(4)17(12-24)15-6-5-7-16(11-15)18(25)20-3/h5-7,10-11,17H,8-9,12H2,1-4H3,(H,20,25)/t17-/m0/s1. The van der Waals surface area contributed by atoms with Gasteiger partial charge in [0.25, 0.3) is 5.91 Å². The summed E-state index contributed by atoms with van der Waals surface area (Å²) < 4.78 is 0. The lowest BCUT2D eigenvalue weighted by atomic mass is 10.0. The fourth-order valence-electron chi connectivity index (χ4n) is 3.30. The predicted molar refractivity (Wildman–Crippen MR) is 98.9 cm³/mol. The molecule has 0 saturated carbocycles. The second-order valence-electron chi connectivity index (χ2n) is 6.60. The number of carbonyl (C=O) groups excluding carboxylic acids is 1. The zero-order chi connectivity index (χ0) is 18.0. The summed E-state index contributed by atoms with van der Waals surface area (Å²) in [5, 5.41) is 2.69. The minimum atomic E-state index is -0.0604. The van der Waals surface area contributed by atoms with E-state index < -0.39 is 0 Å². The Morgan fingerprint density at radius 1 is 1.16 bits per heavy atom. The van der Waals surface area contributed by atoms with Crippen molar-refractivity contribution in [2.24, 2.45) is 0 Å². The molecule has 3 rings (SSSR count). The number of hydrogen-bond donors (Lipinski definition) is 1. The van der Waals surface area contributed by atoms with Crippen LogP contribution in [0.2, 0.25) is 0 Å². The van der Waals surface area contributed by atoms with E-state index in [9.17, 15) is 4.79 Å². The predicted octanol–water partition coefficient (Wildman–Crippen LogP) is 1.95. The van der Waals surface area contributed by atoms with Crippen molar-refractivity contribution in [3.63, 3.8) is 0 Å². The van der Waals surface area contributed by atoms with Crippen LogP contribution in [0.5, 0.6) is 0 Å². The first kappa shape index (κ1) is 17.4. The average molecular weight is 339 g/mol. The van der Waals surface area contributed by atoms with Crippen LogP contribution in [0.15, 0.2) is 30.3 Å². The molecule has 25 heavy (non-hydrogen) atoms. The highest BCUT2D eigenvalue weighted by molar-refractivity contribution is 5.94.